The Hall–Kier alpha value is -2.19. The summed E-state index contributed by atoms with van der Waals surface area (Å²) in [6.07, 6.45) is 3.03. The fourth-order valence-electron chi connectivity index (χ4n) is 2.55. The van der Waals surface area contributed by atoms with E-state index < -0.39 is 21.0 Å². The first-order valence-electron chi connectivity index (χ1n) is 8.99. The normalized spacial score (nSPS) is 12.8. The molecule has 1 aromatic carbocycles. The van der Waals surface area contributed by atoms with Crippen LogP contribution < -0.4 is 10.3 Å². The number of hydrogen-bond acceptors (Lipinski definition) is 6. The summed E-state index contributed by atoms with van der Waals surface area (Å²) in [5.74, 6) is 0.126. The topological polar surface area (TPSA) is 98.5 Å². The van der Waals surface area contributed by atoms with Crippen molar-refractivity contribution in [2.45, 2.75) is 57.1 Å². The number of benzene rings is 1. The number of ether oxygens (including phenoxy) is 1. The predicted octanol–water partition coefficient (Wildman–Crippen LogP) is 2.61. The van der Waals surface area contributed by atoms with E-state index in [9.17, 15) is 18.3 Å². The van der Waals surface area contributed by atoms with E-state index in [-0.39, 0.29) is 22.8 Å². The quantitative estimate of drug-likeness (QED) is 0.789. The van der Waals surface area contributed by atoms with E-state index in [0.29, 0.717) is 17.5 Å². The van der Waals surface area contributed by atoms with E-state index in [1.807, 2.05) is 20.8 Å². The van der Waals surface area contributed by atoms with Crippen molar-refractivity contribution in [2.75, 3.05) is 12.9 Å². The minimum Gasteiger partial charge on any atom is -0.487 e. The van der Waals surface area contributed by atoms with Crippen LogP contribution in [0.3, 0.4) is 0 Å². The second-order valence-electron chi connectivity index (χ2n) is 8.48. The van der Waals surface area contributed by atoms with Crippen molar-refractivity contribution in [3.05, 3.63) is 40.8 Å². The van der Waals surface area contributed by atoms with Crippen molar-refractivity contribution in [3.8, 4) is 16.9 Å². The molecule has 0 saturated carbocycles. The molecule has 1 aromatic heterocycles. The molecule has 0 aliphatic carbocycles. The Morgan fingerprint density at radius 1 is 1.11 bits per heavy atom. The van der Waals surface area contributed by atoms with Crippen LogP contribution in [0.4, 0.5) is 0 Å². The molecule has 0 unspecified atom stereocenters. The number of hydrogen-bond donors (Lipinski definition) is 1. The van der Waals surface area contributed by atoms with E-state index in [4.69, 9.17) is 4.74 Å². The lowest BCUT2D eigenvalue weighted by atomic mass is 10.1. The third kappa shape index (κ3) is 5.42. The second-order valence-corrected chi connectivity index (χ2v) is 10.5. The number of aliphatic hydroxyl groups is 1. The molecule has 0 aliphatic rings. The number of rotatable bonds is 6. The van der Waals surface area contributed by atoms with Gasteiger partial charge in [-0.2, -0.15) is 5.10 Å². The molecule has 0 spiro atoms. The van der Waals surface area contributed by atoms with Crippen LogP contribution >= 0.6 is 0 Å². The van der Waals surface area contributed by atoms with Crippen molar-refractivity contribution in [1.29, 1.82) is 0 Å². The third-order valence-corrected chi connectivity index (χ3v) is 5.25. The summed E-state index contributed by atoms with van der Waals surface area (Å²) in [7, 11) is -3.32. The highest BCUT2D eigenvalue weighted by atomic mass is 32.2. The number of aromatic nitrogens is 2. The van der Waals surface area contributed by atoms with E-state index in [1.54, 1.807) is 32.2 Å². The van der Waals surface area contributed by atoms with Gasteiger partial charge in [0.05, 0.1) is 28.8 Å². The molecule has 8 heteroatoms. The predicted molar refractivity (Wildman–Crippen MR) is 108 cm³/mol. The fraction of sp³-hybridized carbons (Fsp3) is 0.500. The van der Waals surface area contributed by atoms with Gasteiger partial charge in [0.25, 0.3) is 0 Å². The molecule has 28 heavy (non-hydrogen) atoms. The molecule has 0 amide bonds. The van der Waals surface area contributed by atoms with E-state index in [0.717, 1.165) is 6.26 Å². The zero-order valence-corrected chi connectivity index (χ0v) is 18.0. The molecule has 0 bridgehead atoms. The zero-order valence-electron chi connectivity index (χ0n) is 17.2. The molecule has 1 heterocycles. The molecule has 2 rings (SSSR count). The van der Waals surface area contributed by atoms with Crippen molar-refractivity contribution in [3.63, 3.8) is 0 Å². The number of sulfone groups is 1. The molecule has 0 fully saturated rings. The van der Waals surface area contributed by atoms with Crippen LogP contribution in [0, 0.1) is 0 Å². The van der Waals surface area contributed by atoms with Gasteiger partial charge in [-0.3, -0.25) is 4.79 Å². The van der Waals surface area contributed by atoms with Crippen molar-refractivity contribution < 1.29 is 18.3 Å². The summed E-state index contributed by atoms with van der Waals surface area (Å²) in [6.45, 7) is 9.08. The van der Waals surface area contributed by atoms with E-state index in [2.05, 4.69) is 5.10 Å². The zero-order chi connectivity index (χ0) is 21.3. The van der Waals surface area contributed by atoms with Gasteiger partial charge in [0.1, 0.15) is 0 Å². The third-order valence-electron chi connectivity index (χ3n) is 4.12. The smallest absolute Gasteiger partial charge is 0.310 e. The molecule has 1 N–H and O–H groups in total. The van der Waals surface area contributed by atoms with Crippen LogP contribution in [-0.4, -0.2) is 41.8 Å². The highest BCUT2D eigenvalue weighted by molar-refractivity contribution is 7.90. The van der Waals surface area contributed by atoms with Gasteiger partial charge in [-0.15, -0.1) is 0 Å². The summed E-state index contributed by atoms with van der Waals surface area (Å²) in [6, 6.07) is 6.22. The summed E-state index contributed by atoms with van der Waals surface area (Å²) < 4.78 is 30.5. The van der Waals surface area contributed by atoms with E-state index >= 15 is 0 Å². The van der Waals surface area contributed by atoms with Gasteiger partial charge in [0.2, 0.25) is 0 Å². The first-order chi connectivity index (χ1) is 12.7. The lowest BCUT2D eigenvalue weighted by molar-refractivity contribution is 0.0549. The van der Waals surface area contributed by atoms with Crippen molar-refractivity contribution in [2.24, 2.45) is 0 Å². The minimum absolute atomic E-state index is 0.126. The Bertz CT molecular complexity index is 995. The van der Waals surface area contributed by atoms with Gasteiger partial charge >= 0.3 is 5.56 Å². The van der Waals surface area contributed by atoms with Crippen molar-refractivity contribution in [1.82, 2.24) is 9.78 Å². The van der Waals surface area contributed by atoms with Crippen LogP contribution in [0.1, 0.15) is 41.0 Å². The molecule has 7 nitrogen and oxygen atoms in total. The average molecular weight is 409 g/mol. The highest BCUT2D eigenvalue weighted by Gasteiger charge is 2.23. The summed E-state index contributed by atoms with van der Waals surface area (Å²) >= 11 is 0. The maximum atomic E-state index is 13.0. The lowest BCUT2D eigenvalue weighted by Gasteiger charge is -2.23. The first kappa shape index (κ1) is 22.1. The molecule has 0 saturated heterocycles. The van der Waals surface area contributed by atoms with Crippen LogP contribution in [-0.2, 0) is 15.4 Å². The van der Waals surface area contributed by atoms with Crippen molar-refractivity contribution >= 4 is 9.84 Å². The van der Waals surface area contributed by atoms with Crippen LogP contribution in [0.5, 0.6) is 5.75 Å². The molecule has 0 radical (unpaired) electrons. The standard InChI is InChI=1S/C20H28N2O5S/c1-19(2,3)22-18(23)17(27-12-11-20(4,5)24)16(13-21-22)14-7-9-15(10-8-14)28(6,25)26/h7-10,13,24H,11-12H2,1-6H3. The van der Waals surface area contributed by atoms with Gasteiger partial charge in [0.15, 0.2) is 15.6 Å². The lowest BCUT2D eigenvalue weighted by Crippen LogP contribution is -2.37. The Morgan fingerprint density at radius 2 is 1.68 bits per heavy atom. The van der Waals surface area contributed by atoms with Gasteiger partial charge in [-0.1, -0.05) is 12.1 Å². The van der Waals surface area contributed by atoms with Gasteiger partial charge in [0, 0.05) is 18.2 Å². The molecule has 2 aromatic rings. The molecule has 0 aliphatic heterocycles. The van der Waals surface area contributed by atoms with Gasteiger partial charge in [-0.25, -0.2) is 13.1 Å². The molecular formula is C20H28N2O5S. The summed E-state index contributed by atoms with van der Waals surface area (Å²) in [5, 5.41) is 14.2. The van der Waals surface area contributed by atoms with E-state index in [1.165, 1.54) is 16.8 Å². The Labute approximate surface area is 165 Å². The van der Waals surface area contributed by atoms with Crippen LogP contribution in [0.15, 0.2) is 40.2 Å². The Balaban J connectivity index is 2.53. The average Bonchev–Trinajstić information content (AvgIpc) is 2.53. The maximum Gasteiger partial charge on any atom is 0.310 e. The minimum atomic E-state index is -3.32. The first-order valence-corrected chi connectivity index (χ1v) is 10.9. The summed E-state index contributed by atoms with van der Waals surface area (Å²) in [5.41, 5.74) is -0.747. The summed E-state index contributed by atoms with van der Waals surface area (Å²) in [4.78, 5) is 13.2. The van der Waals surface area contributed by atoms with Crippen LogP contribution in [0.2, 0.25) is 0 Å². The van der Waals surface area contributed by atoms with Crippen LogP contribution in [0.25, 0.3) is 11.1 Å². The van der Waals surface area contributed by atoms with Gasteiger partial charge in [-0.05, 0) is 52.3 Å². The molecule has 0 atom stereocenters. The fourth-order valence-corrected chi connectivity index (χ4v) is 3.18. The highest BCUT2D eigenvalue weighted by Crippen LogP contribution is 2.28. The molecule has 154 valence electrons. The largest absolute Gasteiger partial charge is 0.487 e. The Morgan fingerprint density at radius 3 is 2.14 bits per heavy atom. The monoisotopic (exact) mass is 408 g/mol. The maximum absolute atomic E-state index is 13.0. The molecular weight excluding hydrogens is 380 g/mol. The second kappa shape index (κ2) is 7.67. The number of nitrogens with zero attached hydrogens (tertiary/aromatic N) is 2. The SMILES string of the molecule is CC(C)(O)CCOc1c(-c2ccc(S(C)(=O)=O)cc2)cnn(C(C)(C)C)c1=O. The van der Waals surface area contributed by atoms with Gasteiger partial charge < -0.3 is 9.84 Å². The Kier molecular flexibility index (Phi) is 6.06.